The zero-order valence-corrected chi connectivity index (χ0v) is 19.9. The van der Waals surface area contributed by atoms with Gasteiger partial charge in [-0.25, -0.2) is 4.79 Å². The Balaban J connectivity index is 1.94. The minimum absolute atomic E-state index is 0.0139. The van der Waals surface area contributed by atoms with Crippen LogP contribution in [0.3, 0.4) is 0 Å². The van der Waals surface area contributed by atoms with Gasteiger partial charge < -0.3 is 18.6 Å². The summed E-state index contributed by atoms with van der Waals surface area (Å²) in [5, 5.41) is 5.89. The first-order valence-corrected chi connectivity index (χ1v) is 11.2. The van der Waals surface area contributed by atoms with E-state index in [0.29, 0.717) is 11.3 Å². The monoisotopic (exact) mass is 454 g/mol. The van der Waals surface area contributed by atoms with Crippen molar-refractivity contribution in [2.45, 2.75) is 26.8 Å². The van der Waals surface area contributed by atoms with Gasteiger partial charge in [0.05, 0.1) is 37.0 Å². The third-order valence-corrected chi connectivity index (χ3v) is 6.51. The van der Waals surface area contributed by atoms with Crippen molar-refractivity contribution in [2.75, 3.05) is 14.2 Å². The summed E-state index contributed by atoms with van der Waals surface area (Å²) in [6.07, 6.45) is 0. The van der Waals surface area contributed by atoms with Crippen molar-refractivity contribution in [2.24, 2.45) is 0 Å². The molecule has 0 N–H and O–H groups in total. The lowest BCUT2D eigenvalue weighted by atomic mass is 9.97. The van der Waals surface area contributed by atoms with Crippen molar-refractivity contribution in [1.29, 1.82) is 0 Å². The van der Waals surface area contributed by atoms with Gasteiger partial charge in [-0.15, -0.1) is 0 Å². The van der Waals surface area contributed by atoms with Crippen molar-refractivity contribution in [3.8, 4) is 16.9 Å². The van der Waals surface area contributed by atoms with Gasteiger partial charge in [0.1, 0.15) is 11.5 Å². The first-order valence-electron chi connectivity index (χ1n) is 11.2. The van der Waals surface area contributed by atoms with Crippen LogP contribution in [0.5, 0.6) is 5.75 Å². The lowest BCUT2D eigenvalue weighted by Gasteiger charge is -2.18. The maximum absolute atomic E-state index is 13.1. The zero-order chi connectivity index (χ0) is 24.0. The molecule has 5 rings (SSSR count). The summed E-state index contributed by atoms with van der Waals surface area (Å²) in [6, 6.07) is 20.3. The van der Waals surface area contributed by atoms with Crippen LogP contribution in [-0.2, 0) is 4.74 Å². The highest BCUT2D eigenvalue weighted by molar-refractivity contribution is 6.18. The van der Waals surface area contributed by atoms with Crippen molar-refractivity contribution < 1.29 is 18.8 Å². The number of benzene rings is 3. The first-order chi connectivity index (χ1) is 16.4. The Morgan fingerprint density at radius 1 is 1.00 bits per heavy atom. The van der Waals surface area contributed by atoms with E-state index in [-0.39, 0.29) is 6.04 Å². The molecular formula is C28H26N2O4. The molecule has 6 nitrogen and oxygen atoms in total. The topological polar surface area (TPSA) is 66.5 Å². The number of methoxy groups -OCH3 is 2. The van der Waals surface area contributed by atoms with Gasteiger partial charge in [-0.2, -0.15) is 0 Å². The second kappa shape index (κ2) is 8.37. The van der Waals surface area contributed by atoms with Crippen LogP contribution in [0, 0.1) is 13.8 Å². The Morgan fingerprint density at radius 3 is 2.41 bits per heavy atom. The fraction of sp³-hybridized carbons (Fsp3) is 0.214. The average Bonchev–Trinajstić information content (AvgIpc) is 3.38. The van der Waals surface area contributed by atoms with Crippen molar-refractivity contribution in [1.82, 2.24) is 9.72 Å². The van der Waals surface area contributed by atoms with Crippen LogP contribution in [0.4, 0.5) is 0 Å². The predicted octanol–water partition coefficient (Wildman–Crippen LogP) is 6.47. The molecule has 0 saturated carbocycles. The van der Waals surface area contributed by atoms with Crippen LogP contribution in [-0.4, -0.2) is 29.9 Å². The summed E-state index contributed by atoms with van der Waals surface area (Å²) >= 11 is 0. The molecule has 0 amide bonds. The number of aromatic nitrogens is 2. The number of nitrogens with zero attached hydrogens (tertiary/aromatic N) is 2. The van der Waals surface area contributed by atoms with E-state index in [1.165, 1.54) is 12.7 Å². The number of aryl methyl sites for hydroxylation is 2. The van der Waals surface area contributed by atoms with E-state index in [9.17, 15) is 4.79 Å². The van der Waals surface area contributed by atoms with Gasteiger partial charge in [0.2, 0.25) is 0 Å². The molecule has 5 aromatic rings. The minimum Gasteiger partial charge on any atom is -0.497 e. The van der Waals surface area contributed by atoms with Gasteiger partial charge >= 0.3 is 5.97 Å². The first kappa shape index (κ1) is 21.8. The zero-order valence-electron chi connectivity index (χ0n) is 19.9. The molecule has 0 aliphatic carbocycles. The molecule has 0 aliphatic rings. The molecule has 34 heavy (non-hydrogen) atoms. The molecule has 0 fully saturated rings. The van der Waals surface area contributed by atoms with Gasteiger partial charge in [0, 0.05) is 21.9 Å². The summed E-state index contributed by atoms with van der Waals surface area (Å²) in [5.74, 6) is 1.03. The molecule has 6 heteroatoms. The predicted molar refractivity (Wildman–Crippen MR) is 133 cm³/mol. The fourth-order valence-corrected chi connectivity index (χ4v) is 4.89. The lowest BCUT2D eigenvalue weighted by Crippen LogP contribution is -2.07. The molecule has 2 aromatic heterocycles. The third-order valence-electron chi connectivity index (χ3n) is 6.51. The van der Waals surface area contributed by atoms with Crippen molar-refractivity contribution >= 4 is 27.8 Å². The van der Waals surface area contributed by atoms with Gasteiger partial charge in [0.25, 0.3) is 0 Å². The van der Waals surface area contributed by atoms with Crippen LogP contribution in [0.15, 0.2) is 65.2 Å². The van der Waals surface area contributed by atoms with E-state index in [0.717, 1.165) is 44.4 Å². The Kier molecular flexibility index (Phi) is 5.36. The molecule has 0 spiro atoms. The number of esters is 1. The van der Waals surface area contributed by atoms with Crippen LogP contribution >= 0.6 is 0 Å². The molecule has 2 heterocycles. The Bertz CT molecular complexity index is 1510. The molecule has 0 bridgehead atoms. The highest BCUT2D eigenvalue weighted by Gasteiger charge is 2.25. The molecule has 1 atom stereocenters. The highest BCUT2D eigenvalue weighted by Crippen LogP contribution is 2.41. The smallest absolute Gasteiger partial charge is 0.338 e. The number of rotatable bonds is 5. The Morgan fingerprint density at radius 2 is 1.76 bits per heavy atom. The SMILES string of the molecule is COC(=O)c1cc(-c2c(C)noc2C)cc2c1c1cc(OC)ccc1n2C(C)c1ccccc1. The molecule has 0 aliphatic heterocycles. The standard InChI is InChI=1S/C28H26N2O4/c1-16-26(18(3)34-29-16)20-13-23(28(31)33-5)27-22-15-21(32-4)11-12-24(22)30(25(27)14-20)17(2)19-9-7-6-8-10-19/h6-15,17H,1-5H3. The van der Waals surface area contributed by atoms with Crippen molar-refractivity contribution in [3.63, 3.8) is 0 Å². The Hall–Kier alpha value is -4.06. The van der Waals surface area contributed by atoms with E-state index < -0.39 is 5.97 Å². The maximum atomic E-state index is 13.1. The molecule has 3 aromatic carbocycles. The van der Waals surface area contributed by atoms with E-state index in [2.05, 4.69) is 34.8 Å². The number of hydrogen-bond donors (Lipinski definition) is 0. The lowest BCUT2D eigenvalue weighted by molar-refractivity contribution is 0.0603. The van der Waals surface area contributed by atoms with Crippen LogP contribution < -0.4 is 4.74 Å². The van der Waals surface area contributed by atoms with Gasteiger partial charge in [-0.05, 0) is 62.2 Å². The summed E-state index contributed by atoms with van der Waals surface area (Å²) in [6.45, 7) is 5.95. The van der Waals surface area contributed by atoms with E-state index in [4.69, 9.17) is 14.0 Å². The van der Waals surface area contributed by atoms with Gasteiger partial charge in [0.15, 0.2) is 0 Å². The maximum Gasteiger partial charge on any atom is 0.338 e. The van der Waals surface area contributed by atoms with Crippen molar-refractivity contribution in [3.05, 3.63) is 83.2 Å². The summed E-state index contributed by atoms with van der Waals surface area (Å²) in [7, 11) is 3.05. The van der Waals surface area contributed by atoms with Crippen LogP contribution in [0.1, 0.15) is 40.3 Å². The minimum atomic E-state index is -0.396. The van der Waals surface area contributed by atoms with E-state index >= 15 is 0 Å². The largest absolute Gasteiger partial charge is 0.497 e. The number of carbonyl (C=O) groups excluding carboxylic acids is 1. The number of fused-ring (bicyclic) bond motifs is 3. The molecule has 0 saturated heterocycles. The number of ether oxygens (including phenoxy) is 2. The molecular weight excluding hydrogens is 428 g/mol. The summed E-state index contributed by atoms with van der Waals surface area (Å²) < 4.78 is 18.4. The Labute approximate surface area is 197 Å². The van der Waals surface area contributed by atoms with Crippen LogP contribution in [0.25, 0.3) is 32.9 Å². The molecule has 1 unspecified atom stereocenters. The second-order valence-electron chi connectivity index (χ2n) is 8.45. The van der Waals surface area contributed by atoms with E-state index in [1.54, 1.807) is 7.11 Å². The third kappa shape index (κ3) is 3.34. The highest BCUT2D eigenvalue weighted by atomic mass is 16.5. The second-order valence-corrected chi connectivity index (χ2v) is 8.45. The van der Waals surface area contributed by atoms with E-state index in [1.807, 2.05) is 56.3 Å². The molecule has 172 valence electrons. The summed E-state index contributed by atoms with van der Waals surface area (Å²) in [5.41, 5.74) is 6.11. The average molecular weight is 455 g/mol. The summed E-state index contributed by atoms with van der Waals surface area (Å²) in [4.78, 5) is 13.1. The number of hydrogen-bond acceptors (Lipinski definition) is 5. The normalized spacial score (nSPS) is 12.3. The quantitative estimate of drug-likeness (QED) is 0.285. The van der Waals surface area contributed by atoms with Gasteiger partial charge in [-0.1, -0.05) is 35.5 Å². The van der Waals surface area contributed by atoms with Crippen LogP contribution in [0.2, 0.25) is 0 Å². The number of carbonyl (C=O) groups is 1. The fourth-order valence-electron chi connectivity index (χ4n) is 4.89. The molecule has 0 radical (unpaired) electrons. The van der Waals surface area contributed by atoms with Gasteiger partial charge in [-0.3, -0.25) is 0 Å².